The number of aliphatic carboxylic acids is 1. The molecule has 120 valence electrons. The second-order valence-electron chi connectivity index (χ2n) is 5.60. The van der Waals surface area contributed by atoms with Gasteiger partial charge in [0.25, 0.3) is 0 Å². The molecule has 1 aromatic carbocycles. The smallest absolute Gasteiger partial charge is 0.323 e. The fourth-order valence-corrected chi connectivity index (χ4v) is 3.16. The van der Waals surface area contributed by atoms with E-state index in [4.69, 9.17) is 10.2 Å². The molecule has 0 radical (unpaired) electrons. The number of aromatic nitrogens is 3. The number of rotatable bonds is 3. The molecule has 0 aliphatic rings. The van der Waals surface area contributed by atoms with Crippen LogP contribution in [0.25, 0.3) is 33.3 Å². The third-order valence-electron chi connectivity index (χ3n) is 4.05. The lowest BCUT2D eigenvalue weighted by Crippen LogP contribution is -2.09. The van der Waals surface area contributed by atoms with Crippen LogP contribution < -0.4 is 5.73 Å². The number of furan rings is 1. The number of hydrogen-bond donors (Lipinski definition) is 2. The zero-order chi connectivity index (χ0) is 16.8. The van der Waals surface area contributed by atoms with Crippen molar-refractivity contribution < 1.29 is 14.3 Å². The maximum Gasteiger partial charge on any atom is 0.323 e. The van der Waals surface area contributed by atoms with Gasteiger partial charge in [-0.15, -0.1) is 0 Å². The van der Waals surface area contributed by atoms with Crippen molar-refractivity contribution in [1.29, 1.82) is 0 Å². The van der Waals surface area contributed by atoms with E-state index >= 15 is 0 Å². The van der Waals surface area contributed by atoms with Crippen LogP contribution in [0, 0.1) is 6.92 Å². The van der Waals surface area contributed by atoms with E-state index in [1.165, 1.54) is 6.33 Å². The third-order valence-corrected chi connectivity index (χ3v) is 4.05. The van der Waals surface area contributed by atoms with E-state index in [0.717, 1.165) is 27.8 Å². The summed E-state index contributed by atoms with van der Waals surface area (Å²) >= 11 is 0. The molecule has 3 aromatic heterocycles. The number of aryl methyl sites for hydroxylation is 1. The average molecular weight is 322 g/mol. The lowest BCUT2D eigenvalue weighted by Gasteiger charge is -2.07. The van der Waals surface area contributed by atoms with E-state index in [-0.39, 0.29) is 6.54 Å². The van der Waals surface area contributed by atoms with Crippen LogP contribution in [0.2, 0.25) is 0 Å². The van der Waals surface area contributed by atoms with E-state index in [2.05, 4.69) is 9.97 Å². The Kier molecular flexibility index (Phi) is 3.02. The Hall–Kier alpha value is -3.35. The van der Waals surface area contributed by atoms with Crippen LogP contribution in [0.15, 0.2) is 41.3 Å². The van der Waals surface area contributed by atoms with Gasteiger partial charge in [0.15, 0.2) is 0 Å². The van der Waals surface area contributed by atoms with Crippen molar-refractivity contribution in [2.75, 3.05) is 5.73 Å². The molecule has 0 spiro atoms. The highest BCUT2D eigenvalue weighted by Gasteiger charge is 2.19. The molecule has 0 fully saturated rings. The quantitative estimate of drug-likeness (QED) is 0.600. The van der Waals surface area contributed by atoms with E-state index in [1.54, 1.807) is 10.8 Å². The van der Waals surface area contributed by atoms with Gasteiger partial charge < -0.3 is 19.8 Å². The SMILES string of the molecule is Cc1cc(-c2ccco2)cc2c3c(N)ncnc3n(CC(=O)O)c12. The second-order valence-corrected chi connectivity index (χ2v) is 5.60. The van der Waals surface area contributed by atoms with Gasteiger partial charge in [0.2, 0.25) is 0 Å². The molecule has 0 saturated carbocycles. The maximum atomic E-state index is 11.3. The zero-order valence-corrected chi connectivity index (χ0v) is 12.9. The van der Waals surface area contributed by atoms with Gasteiger partial charge in [-0.05, 0) is 36.8 Å². The molecule has 7 heteroatoms. The van der Waals surface area contributed by atoms with Crippen LogP contribution in [-0.2, 0) is 11.3 Å². The van der Waals surface area contributed by atoms with Crippen molar-refractivity contribution in [2.24, 2.45) is 0 Å². The Morgan fingerprint density at radius 1 is 1.38 bits per heavy atom. The zero-order valence-electron chi connectivity index (χ0n) is 12.9. The first-order valence-electron chi connectivity index (χ1n) is 7.35. The van der Waals surface area contributed by atoms with Crippen LogP contribution in [-0.4, -0.2) is 25.6 Å². The van der Waals surface area contributed by atoms with E-state index in [0.29, 0.717) is 16.9 Å². The normalized spacial score (nSPS) is 11.4. The predicted molar refractivity (Wildman–Crippen MR) is 89.5 cm³/mol. The van der Waals surface area contributed by atoms with Crippen molar-refractivity contribution in [2.45, 2.75) is 13.5 Å². The molecular formula is C17H14N4O3. The summed E-state index contributed by atoms with van der Waals surface area (Å²) in [6.45, 7) is 1.73. The van der Waals surface area contributed by atoms with Crippen molar-refractivity contribution in [3.8, 4) is 11.3 Å². The first kappa shape index (κ1) is 14.3. The third kappa shape index (κ3) is 2.02. The van der Waals surface area contributed by atoms with Crippen molar-refractivity contribution in [3.63, 3.8) is 0 Å². The Morgan fingerprint density at radius 3 is 2.92 bits per heavy atom. The number of nitrogens with zero attached hydrogens (tertiary/aromatic N) is 3. The largest absolute Gasteiger partial charge is 0.480 e. The number of nitrogen functional groups attached to an aromatic ring is 1. The van der Waals surface area contributed by atoms with Gasteiger partial charge in [0.1, 0.15) is 30.1 Å². The van der Waals surface area contributed by atoms with Gasteiger partial charge in [0, 0.05) is 10.9 Å². The highest BCUT2D eigenvalue weighted by Crippen LogP contribution is 2.36. The van der Waals surface area contributed by atoms with Gasteiger partial charge in [-0.25, -0.2) is 9.97 Å². The molecule has 0 unspecified atom stereocenters. The summed E-state index contributed by atoms with van der Waals surface area (Å²) in [5.41, 5.74) is 9.16. The van der Waals surface area contributed by atoms with Crippen LogP contribution in [0.4, 0.5) is 5.82 Å². The summed E-state index contributed by atoms with van der Waals surface area (Å²) in [7, 11) is 0. The van der Waals surface area contributed by atoms with Gasteiger partial charge in [-0.2, -0.15) is 0 Å². The number of hydrogen-bond acceptors (Lipinski definition) is 5. The first-order valence-corrected chi connectivity index (χ1v) is 7.35. The lowest BCUT2D eigenvalue weighted by molar-refractivity contribution is -0.137. The van der Waals surface area contributed by atoms with Gasteiger partial charge in [-0.3, -0.25) is 4.79 Å². The minimum absolute atomic E-state index is 0.197. The molecular weight excluding hydrogens is 308 g/mol. The highest BCUT2D eigenvalue weighted by atomic mass is 16.4. The highest BCUT2D eigenvalue weighted by molar-refractivity contribution is 6.13. The molecule has 0 aliphatic heterocycles. The Morgan fingerprint density at radius 2 is 2.21 bits per heavy atom. The van der Waals surface area contributed by atoms with Crippen molar-refractivity contribution in [3.05, 3.63) is 42.4 Å². The Balaban J connectivity index is 2.15. The Labute approximate surface area is 136 Å². The second kappa shape index (κ2) is 5.09. The topological polar surface area (TPSA) is 107 Å². The van der Waals surface area contributed by atoms with E-state index in [1.807, 2.05) is 31.2 Å². The number of benzene rings is 1. The summed E-state index contributed by atoms with van der Waals surface area (Å²) in [4.78, 5) is 19.6. The maximum absolute atomic E-state index is 11.3. The number of carboxylic acid groups (broad SMARTS) is 1. The van der Waals surface area contributed by atoms with E-state index < -0.39 is 5.97 Å². The van der Waals surface area contributed by atoms with E-state index in [9.17, 15) is 9.90 Å². The molecule has 3 heterocycles. The number of carbonyl (C=O) groups is 1. The van der Waals surface area contributed by atoms with Crippen molar-refractivity contribution in [1.82, 2.24) is 14.5 Å². The molecule has 4 rings (SSSR count). The average Bonchev–Trinajstić information content (AvgIpc) is 3.15. The van der Waals surface area contributed by atoms with Crippen LogP contribution >= 0.6 is 0 Å². The summed E-state index contributed by atoms with van der Waals surface area (Å²) in [5.74, 6) is 0.111. The Bertz CT molecular complexity index is 1080. The first-order chi connectivity index (χ1) is 11.6. The molecule has 4 aromatic rings. The van der Waals surface area contributed by atoms with Crippen LogP contribution in [0.3, 0.4) is 0 Å². The predicted octanol–water partition coefficient (Wildman–Crippen LogP) is 2.82. The number of nitrogens with two attached hydrogens (primary N) is 1. The number of fused-ring (bicyclic) bond motifs is 3. The number of carboxylic acids is 1. The van der Waals surface area contributed by atoms with Crippen LogP contribution in [0.5, 0.6) is 0 Å². The summed E-state index contributed by atoms with van der Waals surface area (Å²) in [6.07, 6.45) is 2.96. The summed E-state index contributed by atoms with van der Waals surface area (Å²) in [5, 5.41) is 10.7. The molecule has 7 nitrogen and oxygen atoms in total. The van der Waals surface area contributed by atoms with Crippen LogP contribution in [0.1, 0.15) is 5.56 Å². The summed E-state index contributed by atoms with van der Waals surface area (Å²) in [6, 6.07) is 7.58. The minimum Gasteiger partial charge on any atom is -0.480 e. The lowest BCUT2D eigenvalue weighted by atomic mass is 10.0. The van der Waals surface area contributed by atoms with Gasteiger partial charge >= 0.3 is 5.97 Å². The standard InChI is InChI=1S/C17H14N4O3/c1-9-5-10(12-3-2-4-24-12)6-11-14-16(18)19-8-20-17(14)21(15(9)11)7-13(22)23/h2-6,8H,7H2,1H3,(H,22,23)(H2,18,19,20). The van der Waals surface area contributed by atoms with Gasteiger partial charge in [0.05, 0.1) is 17.2 Å². The van der Waals surface area contributed by atoms with Gasteiger partial charge in [-0.1, -0.05) is 0 Å². The molecule has 0 saturated heterocycles. The van der Waals surface area contributed by atoms with Crippen molar-refractivity contribution >= 4 is 33.7 Å². The monoisotopic (exact) mass is 322 g/mol. The molecule has 24 heavy (non-hydrogen) atoms. The minimum atomic E-state index is -0.944. The molecule has 3 N–H and O–H groups in total. The fraction of sp³-hybridized carbons (Fsp3) is 0.118. The fourth-order valence-electron chi connectivity index (χ4n) is 3.16. The molecule has 0 amide bonds. The molecule has 0 aliphatic carbocycles. The summed E-state index contributed by atoms with van der Waals surface area (Å²) < 4.78 is 7.13. The number of anilines is 1. The molecule has 0 bridgehead atoms. The molecule has 0 atom stereocenters.